The van der Waals surface area contributed by atoms with E-state index in [0.29, 0.717) is 17.9 Å². The van der Waals surface area contributed by atoms with Gasteiger partial charge in [-0.1, -0.05) is 6.42 Å². The summed E-state index contributed by atoms with van der Waals surface area (Å²) in [7, 11) is 2.83. The Bertz CT molecular complexity index is 528. The molecular weight excluding hydrogens is 311 g/mol. The lowest BCUT2D eigenvalue weighted by Crippen LogP contribution is -2.28. The van der Waals surface area contributed by atoms with Gasteiger partial charge in [0, 0.05) is 24.6 Å². The third kappa shape index (κ3) is 4.24. The minimum atomic E-state index is -0.550. The molecule has 1 saturated carbocycles. The van der Waals surface area contributed by atoms with Crippen LogP contribution in [0.25, 0.3) is 0 Å². The third-order valence-corrected chi connectivity index (χ3v) is 3.91. The van der Waals surface area contributed by atoms with E-state index in [1.807, 2.05) is 0 Å². The maximum Gasteiger partial charge on any atom is 0.224 e. The molecule has 0 unspecified atom stereocenters. The number of amides is 1. The number of nitrogens with one attached hydrogen (secondary N) is 1. The van der Waals surface area contributed by atoms with Gasteiger partial charge < -0.3 is 20.5 Å². The average Bonchev–Trinajstić information content (AvgIpc) is 2.84. The van der Waals surface area contributed by atoms with Gasteiger partial charge in [-0.3, -0.25) is 4.79 Å². The fraction of sp³-hybridized carbons (Fsp3) is 0.533. The molecule has 0 saturated heterocycles. The predicted octanol–water partition coefficient (Wildman–Crippen LogP) is 2.72. The highest BCUT2D eigenvalue weighted by Crippen LogP contribution is 2.33. The first kappa shape index (κ1) is 18.5. The summed E-state index contributed by atoms with van der Waals surface area (Å²) >= 11 is 0. The van der Waals surface area contributed by atoms with E-state index in [2.05, 4.69) is 5.32 Å². The van der Waals surface area contributed by atoms with Gasteiger partial charge in [-0.15, -0.1) is 12.4 Å². The number of ether oxygens (including phenoxy) is 2. The van der Waals surface area contributed by atoms with Crippen LogP contribution in [0.3, 0.4) is 0 Å². The Morgan fingerprint density at radius 1 is 1.32 bits per heavy atom. The number of anilines is 1. The molecule has 0 aliphatic heterocycles. The van der Waals surface area contributed by atoms with Gasteiger partial charge in [0.05, 0.1) is 19.9 Å². The quantitative estimate of drug-likeness (QED) is 0.869. The number of methoxy groups -OCH3 is 2. The van der Waals surface area contributed by atoms with Crippen LogP contribution in [0, 0.1) is 11.7 Å². The first-order valence-electron chi connectivity index (χ1n) is 7.02. The van der Waals surface area contributed by atoms with E-state index in [1.54, 1.807) is 0 Å². The zero-order chi connectivity index (χ0) is 15.4. The minimum Gasteiger partial charge on any atom is -0.494 e. The van der Waals surface area contributed by atoms with E-state index < -0.39 is 5.82 Å². The second kappa shape index (κ2) is 8.19. The molecule has 3 N–H and O–H groups in total. The minimum absolute atomic E-state index is 0. The number of hydrogen-bond acceptors (Lipinski definition) is 4. The van der Waals surface area contributed by atoms with Crippen molar-refractivity contribution in [1.82, 2.24) is 0 Å². The molecular formula is C15H22ClFN2O3. The second-order valence-electron chi connectivity index (χ2n) is 5.29. The lowest BCUT2D eigenvalue weighted by molar-refractivity contribution is -0.117. The molecule has 0 aromatic heterocycles. The van der Waals surface area contributed by atoms with E-state index in [-0.39, 0.29) is 36.0 Å². The largest absolute Gasteiger partial charge is 0.494 e. The van der Waals surface area contributed by atoms with E-state index in [9.17, 15) is 9.18 Å². The molecule has 0 bridgehead atoms. The number of halogens is 2. The second-order valence-corrected chi connectivity index (χ2v) is 5.29. The zero-order valence-electron chi connectivity index (χ0n) is 12.7. The molecule has 1 aliphatic rings. The van der Waals surface area contributed by atoms with E-state index in [0.717, 1.165) is 19.3 Å². The highest BCUT2D eigenvalue weighted by atomic mass is 35.5. The maximum atomic E-state index is 13.7. The van der Waals surface area contributed by atoms with Crippen molar-refractivity contribution in [3.63, 3.8) is 0 Å². The summed E-state index contributed by atoms with van der Waals surface area (Å²) in [5.74, 6) is -0.106. The molecule has 2 atom stereocenters. The van der Waals surface area contributed by atoms with Crippen LogP contribution in [0.5, 0.6) is 11.5 Å². The third-order valence-electron chi connectivity index (χ3n) is 3.91. The number of benzene rings is 1. The summed E-state index contributed by atoms with van der Waals surface area (Å²) in [6, 6.07) is 2.68. The van der Waals surface area contributed by atoms with Crippen molar-refractivity contribution in [2.45, 2.75) is 31.7 Å². The molecule has 1 aromatic carbocycles. The summed E-state index contributed by atoms with van der Waals surface area (Å²) < 4.78 is 23.8. The highest BCUT2D eigenvalue weighted by molar-refractivity contribution is 5.92. The monoisotopic (exact) mass is 332 g/mol. The van der Waals surface area contributed by atoms with Crippen molar-refractivity contribution in [3.8, 4) is 11.5 Å². The summed E-state index contributed by atoms with van der Waals surface area (Å²) in [6.45, 7) is 0. The number of hydrogen-bond donors (Lipinski definition) is 2. The Morgan fingerprint density at radius 3 is 2.55 bits per heavy atom. The van der Waals surface area contributed by atoms with Crippen molar-refractivity contribution < 1.29 is 18.7 Å². The molecule has 2 rings (SSSR count). The number of rotatable bonds is 5. The lowest BCUT2D eigenvalue weighted by atomic mass is 10.00. The first-order chi connectivity index (χ1) is 10.0. The highest BCUT2D eigenvalue weighted by Gasteiger charge is 2.26. The maximum absolute atomic E-state index is 13.7. The predicted molar refractivity (Wildman–Crippen MR) is 85.3 cm³/mol. The van der Waals surface area contributed by atoms with Gasteiger partial charge in [0.1, 0.15) is 5.75 Å². The molecule has 1 aromatic rings. The van der Waals surface area contributed by atoms with E-state index in [1.165, 1.54) is 26.4 Å². The van der Waals surface area contributed by atoms with Gasteiger partial charge in [0.25, 0.3) is 0 Å². The van der Waals surface area contributed by atoms with Crippen LogP contribution in [-0.4, -0.2) is 26.2 Å². The number of carbonyl (C=O) groups excluding carboxylic acids is 1. The fourth-order valence-electron chi connectivity index (χ4n) is 2.72. The molecule has 0 radical (unpaired) electrons. The Labute approximate surface area is 135 Å². The Kier molecular flexibility index (Phi) is 6.90. The van der Waals surface area contributed by atoms with Gasteiger partial charge in [0.15, 0.2) is 11.6 Å². The Morgan fingerprint density at radius 2 is 2.00 bits per heavy atom. The van der Waals surface area contributed by atoms with Crippen molar-refractivity contribution in [3.05, 3.63) is 17.9 Å². The normalized spacial score (nSPS) is 20.2. The summed E-state index contributed by atoms with van der Waals surface area (Å²) in [4.78, 5) is 12.1. The van der Waals surface area contributed by atoms with Crippen molar-refractivity contribution >= 4 is 24.0 Å². The van der Waals surface area contributed by atoms with Gasteiger partial charge in [-0.2, -0.15) is 0 Å². The van der Waals surface area contributed by atoms with E-state index in [4.69, 9.17) is 15.2 Å². The molecule has 1 amide bonds. The molecule has 124 valence electrons. The standard InChI is InChI=1S/C15H21FN2O3.ClH/c1-20-13-8-14(21-2)12(7-10(13)16)18-15(19)6-9-4-3-5-11(9)17;/h7-9,11H,3-6,17H2,1-2H3,(H,18,19);1H/t9-,11+;/m0./s1. The van der Waals surface area contributed by atoms with Crippen molar-refractivity contribution in [1.29, 1.82) is 0 Å². The summed E-state index contributed by atoms with van der Waals surface area (Å²) in [5.41, 5.74) is 6.26. The zero-order valence-corrected chi connectivity index (χ0v) is 13.5. The average molecular weight is 333 g/mol. The van der Waals surface area contributed by atoms with Gasteiger partial charge in [-0.25, -0.2) is 4.39 Å². The molecule has 22 heavy (non-hydrogen) atoms. The van der Waals surface area contributed by atoms with E-state index >= 15 is 0 Å². The smallest absolute Gasteiger partial charge is 0.224 e. The van der Waals surface area contributed by atoms with Gasteiger partial charge >= 0.3 is 0 Å². The van der Waals surface area contributed by atoms with Crippen LogP contribution in [0.15, 0.2) is 12.1 Å². The summed E-state index contributed by atoms with van der Waals surface area (Å²) in [5, 5.41) is 2.69. The fourth-order valence-corrected chi connectivity index (χ4v) is 2.72. The van der Waals surface area contributed by atoms with Crippen LogP contribution in [0.2, 0.25) is 0 Å². The topological polar surface area (TPSA) is 73.6 Å². The van der Waals surface area contributed by atoms with Crippen molar-refractivity contribution in [2.24, 2.45) is 11.7 Å². The molecule has 0 heterocycles. The molecule has 7 heteroatoms. The molecule has 1 fully saturated rings. The summed E-state index contributed by atoms with van der Waals surface area (Å²) in [6.07, 6.45) is 3.32. The number of nitrogens with two attached hydrogens (primary N) is 1. The molecule has 1 aliphatic carbocycles. The Hall–Kier alpha value is -1.53. The van der Waals surface area contributed by atoms with Crippen LogP contribution >= 0.6 is 12.4 Å². The Balaban J connectivity index is 0.00000242. The van der Waals surface area contributed by atoms with Crippen LogP contribution < -0.4 is 20.5 Å². The van der Waals surface area contributed by atoms with Gasteiger partial charge in [-0.05, 0) is 18.8 Å². The van der Waals surface area contributed by atoms with Gasteiger partial charge in [0.2, 0.25) is 5.91 Å². The van der Waals surface area contributed by atoms with Crippen LogP contribution in [-0.2, 0) is 4.79 Å². The SMILES string of the molecule is COc1cc(OC)c(NC(=O)C[C@@H]2CCC[C@H]2N)cc1F.Cl. The first-order valence-corrected chi connectivity index (χ1v) is 7.02. The van der Waals surface area contributed by atoms with Crippen LogP contribution in [0.4, 0.5) is 10.1 Å². The van der Waals surface area contributed by atoms with Crippen LogP contribution in [0.1, 0.15) is 25.7 Å². The lowest BCUT2D eigenvalue weighted by Gasteiger charge is -2.16. The van der Waals surface area contributed by atoms with Crippen molar-refractivity contribution in [2.75, 3.05) is 19.5 Å². The molecule has 5 nitrogen and oxygen atoms in total. The number of carbonyl (C=O) groups is 1. The molecule has 0 spiro atoms.